The van der Waals surface area contributed by atoms with E-state index in [1.165, 1.54) is 0 Å². The Kier molecular flexibility index (Phi) is 4.65. The molecular formula is C22H21N3O2S. The van der Waals surface area contributed by atoms with Crippen molar-refractivity contribution in [3.8, 4) is 11.3 Å². The predicted octanol–water partition coefficient (Wildman–Crippen LogP) is 4.56. The Morgan fingerprint density at radius 3 is 2.61 bits per heavy atom. The molecule has 4 rings (SSSR count). The van der Waals surface area contributed by atoms with Gasteiger partial charge in [0.25, 0.3) is 0 Å². The Bertz CT molecular complexity index is 1260. The molecular weight excluding hydrogens is 370 g/mol. The average Bonchev–Trinajstić information content (AvgIpc) is 3.07. The van der Waals surface area contributed by atoms with Crippen LogP contribution in [-0.2, 0) is 15.8 Å². The fourth-order valence-corrected chi connectivity index (χ4v) is 4.45. The molecule has 4 aromatic rings. The first-order valence-electron chi connectivity index (χ1n) is 9.00. The van der Waals surface area contributed by atoms with Crippen LogP contribution in [0, 0.1) is 13.8 Å². The SMILES string of the molecule is Cc1cccc(CS(=O)(=O)Nc2cccc(-c3cn4cccc(C)c4n3)c2)c1. The Labute approximate surface area is 164 Å². The fraction of sp³-hybridized carbons (Fsp3) is 0.136. The van der Waals surface area contributed by atoms with Gasteiger partial charge >= 0.3 is 0 Å². The van der Waals surface area contributed by atoms with E-state index < -0.39 is 10.0 Å². The number of aromatic nitrogens is 2. The summed E-state index contributed by atoms with van der Waals surface area (Å²) in [5.41, 5.74) is 5.97. The molecule has 6 heteroatoms. The van der Waals surface area contributed by atoms with Gasteiger partial charge in [0, 0.05) is 23.6 Å². The van der Waals surface area contributed by atoms with Crippen molar-refractivity contribution in [1.82, 2.24) is 9.38 Å². The lowest BCUT2D eigenvalue weighted by Gasteiger charge is -2.09. The smallest absolute Gasteiger partial charge is 0.236 e. The van der Waals surface area contributed by atoms with E-state index in [2.05, 4.69) is 9.71 Å². The minimum atomic E-state index is -3.51. The van der Waals surface area contributed by atoms with Crippen molar-refractivity contribution in [1.29, 1.82) is 0 Å². The highest BCUT2D eigenvalue weighted by Gasteiger charge is 2.13. The minimum Gasteiger partial charge on any atom is -0.306 e. The van der Waals surface area contributed by atoms with E-state index in [4.69, 9.17) is 0 Å². The summed E-state index contributed by atoms with van der Waals surface area (Å²) < 4.78 is 29.8. The third-order valence-electron chi connectivity index (χ3n) is 4.55. The Hall–Kier alpha value is -3.12. The summed E-state index contributed by atoms with van der Waals surface area (Å²) >= 11 is 0. The van der Waals surface area contributed by atoms with Crippen molar-refractivity contribution < 1.29 is 8.42 Å². The predicted molar refractivity (Wildman–Crippen MR) is 113 cm³/mol. The number of benzene rings is 2. The molecule has 0 atom stereocenters. The number of aryl methyl sites for hydroxylation is 2. The monoisotopic (exact) mass is 391 g/mol. The molecule has 0 unspecified atom stereocenters. The van der Waals surface area contributed by atoms with Gasteiger partial charge in [-0.05, 0) is 43.2 Å². The van der Waals surface area contributed by atoms with Crippen LogP contribution in [0.4, 0.5) is 5.69 Å². The molecule has 5 nitrogen and oxygen atoms in total. The fourth-order valence-electron chi connectivity index (χ4n) is 3.27. The van der Waals surface area contributed by atoms with E-state index in [0.717, 1.165) is 33.6 Å². The van der Waals surface area contributed by atoms with E-state index in [0.29, 0.717) is 5.69 Å². The van der Waals surface area contributed by atoms with Crippen LogP contribution in [0.3, 0.4) is 0 Å². The van der Waals surface area contributed by atoms with Gasteiger partial charge < -0.3 is 4.40 Å². The lowest BCUT2D eigenvalue weighted by Crippen LogP contribution is -2.15. The maximum absolute atomic E-state index is 12.6. The third-order valence-corrected chi connectivity index (χ3v) is 5.81. The number of rotatable bonds is 5. The molecule has 28 heavy (non-hydrogen) atoms. The zero-order valence-electron chi connectivity index (χ0n) is 15.8. The van der Waals surface area contributed by atoms with Gasteiger partial charge in [0.05, 0.1) is 11.4 Å². The molecule has 0 saturated heterocycles. The van der Waals surface area contributed by atoms with Crippen LogP contribution >= 0.6 is 0 Å². The lowest BCUT2D eigenvalue weighted by atomic mass is 10.1. The van der Waals surface area contributed by atoms with Crippen molar-refractivity contribution in [3.63, 3.8) is 0 Å². The van der Waals surface area contributed by atoms with E-state index >= 15 is 0 Å². The summed E-state index contributed by atoms with van der Waals surface area (Å²) in [5, 5.41) is 0. The summed E-state index contributed by atoms with van der Waals surface area (Å²) in [6.07, 6.45) is 3.90. The van der Waals surface area contributed by atoms with Crippen LogP contribution in [-0.4, -0.2) is 17.8 Å². The normalized spacial score (nSPS) is 11.6. The van der Waals surface area contributed by atoms with Crippen LogP contribution in [0.5, 0.6) is 0 Å². The van der Waals surface area contributed by atoms with Crippen molar-refractivity contribution in [2.75, 3.05) is 4.72 Å². The molecule has 0 radical (unpaired) electrons. The number of imidazole rings is 1. The maximum atomic E-state index is 12.6. The number of hydrogen-bond acceptors (Lipinski definition) is 3. The van der Waals surface area contributed by atoms with Gasteiger partial charge in [-0.15, -0.1) is 0 Å². The van der Waals surface area contributed by atoms with Crippen molar-refractivity contribution >= 4 is 21.4 Å². The van der Waals surface area contributed by atoms with Gasteiger partial charge in [-0.3, -0.25) is 4.72 Å². The van der Waals surface area contributed by atoms with Crippen LogP contribution < -0.4 is 4.72 Å². The molecule has 142 valence electrons. The highest BCUT2D eigenvalue weighted by molar-refractivity contribution is 7.91. The number of anilines is 1. The first-order valence-corrected chi connectivity index (χ1v) is 10.7. The molecule has 0 aliphatic heterocycles. The topological polar surface area (TPSA) is 63.5 Å². The molecule has 0 amide bonds. The third kappa shape index (κ3) is 3.92. The number of hydrogen-bond donors (Lipinski definition) is 1. The van der Waals surface area contributed by atoms with E-state index in [1.807, 2.05) is 85.2 Å². The van der Waals surface area contributed by atoms with Gasteiger partial charge in [0.15, 0.2) is 0 Å². The molecule has 0 fully saturated rings. The zero-order valence-corrected chi connectivity index (χ0v) is 16.6. The molecule has 0 bridgehead atoms. The van der Waals surface area contributed by atoms with E-state index in [1.54, 1.807) is 6.07 Å². The molecule has 2 aromatic heterocycles. The van der Waals surface area contributed by atoms with Crippen molar-refractivity contribution in [2.24, 2.45) is 0 Å². The first-order chi connectivity index (χ1) is 13.4. The summed E-state index contributed by atoms with van der Waals surface area (Å²) in [6, 6.07) is 18.8. The second kappa shape index (κ2) is 7.13. The van der Waals surface area contributed by atoms with E-state index in [-0.39, 0.29) is 5.75 Å². The number of nitrogens with zero attached hydrogens (tertiary/aromatic N) is 2. The van der Waals surface area contributed by atoms with E-state index in [9.17, 15) is 8.42 Å². The molecule has 1 N–H and O–H groups in total. The van der Waals surface area contributed by atoms with Crippen LogP contribution in [0.2, 0.25) is 0 Å². The second-order valence-electron chi connectivity index (χ2n) is 6.98. The summed E-state index contributed by atoms with van der Waals surface area (Å²) in [6.45, 7) is 3.96. The number of pyridine rings is 1. The molecule has 2 heterocycles. The summed E-state index contributed by atoms with van der Waals surface area (Å²) in [7, 11) is -3.51. The van der Waals surface area contributed by atoms with Gasteiger partial charge in [0.2, 0.25) is 10.0 Å². The minimum absolute atomic E-state index is 0.0630. The van der Waals surface area contributed by atoms with Crippen LogP contribution in [0.1, 0.15) is 16.7 Å². The Morgan fingerprint density at radius 2 is 1.82 bits per heavy atom. The van der Waals surface area contributed by atoms with Gasteiger partial charge in [0.1, 0.15) is 5.65 Å². The van der Waals surface area contributed by atoms with Crippen molar-refractivity contribution in [3.05, 3.63) is 89.7 Å². The highest BCUT2D eigenvalue weighted by Crippen LogP contribution is 2.24. The molecule has 0 aliphatic rings. The molecule has 0 saturated carbocycles. The molecule has 0 aliphatic carbocycles. The molecule has 0 spiro atoms. The second-order valence-corrected chi connectivity index (χ2v) is 8.70. The van der Waals surface area contributed by atoms with Gasteiger partial charge in [-0.25, -0.2) is 13.4 Å². The highest BCUT2D eigenvalue weighted by atomic mass is 32.2. The standard InChI is InChI=1S/C22H21N3O2S/c1-16-6-3-8-18(12-16)15-28(26,27)24-20-10-4-9-19(13-20)21-14-25-11-5-7-17(2)22(25)23-21/h3-14,24H,15H2,1-2H3. The quantitative estimate of drug-likeness (QED) is 0.542. The van der Waals surface area contributed by atoms with Crippen LogP contribution in [0.25, 0.3) is 16.9 Å². The summed E-state index contributed by atoms with van der Waals surface area (Å²) in [4.78, 5) is 4.68. The zero-order chi connectivity index (χ0) is 19.7. The Balaban J connectivity index is 1.60. The molecule has 2 aromatic carbocycles. The lowest BCUT2D eigenvalue weighted by molar-refractivity contribution is 0.600. The first kappa shape index (κ1) is 18.3. The van der Waals surface area contributed by atoms with Gasteiger partial charge in [-0.2, -0.15) is 0 Å². The van der Waals surface area contributed by atoms with Gasteiger partial charge in [-0.1, -0.05) is 48.0 Å². The number of fused-ring (bicyclic) bond motifs is 1. The average molecular weight is 391 g/mol. The largest absolute Gasteiger partial charge is 0.306 e. The summed E-state index contributed by atoms with van der Waals surface area (Å²) in [5.74, 6) is -0.0630. The number of sulfonamides is 1. The Morgan fingerprint density at radius 1 is 1.00 bits per heavy atom. The number of nitrogens with one attached hydrogen (secondary N) is 1. The van der Waals surface area contributed by atoms with Crippen molar-refractivity contribution in [2.45, 2.75) is 19.6 Å². The maximum Gasteiger partial charge on any atom is 0.236 e. The van der Waals surface area contributed by atoms with Crippen LogP contribution in [0.15, 0.2) is 73.1 Å².